The summed E-state index contributed by atoms with van der Waals surface area (Å²) in [4.78, 5) is 12.6. The molecule has 0 radical (unpaired) electrons. The first-order valence-electron chi connectivity index (χ1n) is 7.69. The van der Waals surface area contributed by atoms with Gasteiger partial charge in [0.2, 0.25) is 5.78 Å². The highest BCUT2D eigenvalue weighted by Crippen LogP contribution is 2.30. The molecule has 1 aromatic heterocycles. The molecule has 5 nitrogen and oxygen atoms in total. The van der Waals surface area contributed by atoms with Crippen LogP contribution in [0, 0.1) is 0 Å². The zero-order chi connectivity index (χ0) is 18.3. The lowest BCUT2D eigenvalue weighted by atomic mass is 10.1. The Labute approximate surface area is 155 Å². The molecule has 3 aromatic rings. The van der Waals surface area contributed by atoms with Gasteiger partial charge >= 0.3 is 0 Å². The maximum Gasteiger partial charge on any atom is 0.262 e. The van der Waals surface area contributed by atoms with E-state index in [1.807, 2.05) is 18.2 Å². The second-order valence-corrected chi connectivity index (χ2v) is 7.73. The van der Waals surface area contributed by atoms with Gasteiger partial charge in [0.25, 0.3) is 10.0 Å². The molecule has 26 heavy (non-hydrogen) atoms. The quantitative estimate of drug-likeness (QED) is 0.673. The lowest BCUT2D eigenvalue weighted by Crippen LogP contribution is -2.34. The number of benzene rings is 2. The van der Waals surface area contributed by atoms with Crippen molar-refractivity contribution in [2.45, 2.75) is 4.90 Å². The molecule has 0 unspecified atom stereocenters. The molecule has 0 saturated heterocycles. The number of hydrogen-bond acceptors (Lipinski definition) is 4. The number of carbonyl (C=O) groups is 1. The zero-order valence-electron chi connectivity index (χ0n) is 13.3. The Balaban J connectivity index is 1.74. The Bertz CT molecular complexity index is 1160. The van der Waals surface area contributed by atoms with Crippen LogP contribution in [-0.2, 0) is 10.0 Å². The Morgan fingerprint density at radius 3 is 2.38 bits per heavy atom. The van der Waals surface area contributed by atoms with Crippen LogP contribution in [0.1, 0.15) is 16.1 Å². The van der Waals surface area contributed by atoms with Crippen LogP contribution in [0.5, 0.6) is 0 Å². The first-order chi connectivity index (χ1) is 12.5. The summed E-state index contributed by atoms with van der Waals surface area (Å²) in [5, 5.41) is 0.532. The fourth-order valence-electron chi connectivity index (χ4n) is 2.75. The van der Waals surface area contributed by atoms with Crippen molar-refractivity contribution in [1.82, 2.24) is 4.72 Å². The van der Waals surface area contributed by atoms with Crippen molar-refractivity contribution in [3.05, 3.63) is 82.7 Å². The number of allylic oxidation sites excluding steroid dienone is 1. The molecule has 1 aliphatic heterocycles. The highest BCUT2D eigenvalue weighted by atomic mass is 35.5. The van der Waals surface area contributed by atoms with Gasteiger partial charge in [0.15, 0.2) is 0 Å². The van der Waals surface area contributed by atoms with E-state index in [4.69, 9.17) is 16.0 Å². The Hall–Kier alpha value is -2.83. The summed E-state index contributed by atoms with van der Waals surface area (Å²) in [7, 11) is -3.80. The molecule has 7 heteroatoms. The number of carbonyl (C=O) groups excluding carboxylic acids is 1. The minimum Gasteiger partial charge on any atom is -0.457 e. The lowest BCUT2D eigenvalue weighted by molar-refractivity contribution is 0.102. The minimum absolute atomic E-state index is 0.0293. The third-order valence-corrected chi connectivity index (χ3v) is 5.72. The monoisotopic (exact) mass is 385 g/mol. The number of rotatable bonds is 2. The Morgan fingerprint density at radius 1 is 0.923 bits per heavy atom. The maximum absolute atomic E-state index is 12.6. The molecule has 130 valence electrons. The van der Waals surface area contributed by atoms with Crippen molar-refractivity contribution in [2.75, 3.05) is 0 Å². The number of ketones is 1. The topological polar surface area (TPSA) is 76.4 Å². The van der Waals surface area contributed by atoms with Crippen molar-refractivity contribution in [2.24, 2.45) is 0 Å². The summed E-state index contributed by atoms with van der Waals surface area (Å²) in [6.45, 7) is 0. The number of furan rings is 1. The van der Waals surface area contributed by atoms with E-state index in [0.29, 0.717) is 22.1 Å². The van der Waals surface area contributed by atoms with Crippen LogP contribution in [0.15, 0.2) is 75.7 Å². The smallest absolute Gasteiger partial charge is 0.262 e. The summed E-state index contributed by atoms with van der Waals surface area (Å²) in [6.07, 6.45) is 1.37. The van der Waals surface area contributed by atoms with E-state index in [1.54, 1.807) is 30.3 Å². The van der Waals surface area contributed by atoms with Crippen molar-refractivity contribution < 1.29 is 17.6 Å². The van der Waals surface area contributed by atoms with Gasteiger partial charge in [-0.05, 0) is 36.4 Å². The van der Waals surface area contributed by atoms with Crippen molar-refractivity contribution >= 4 is 33.5 Å². The summed E-state index contributed by atoms with van der Waals surface area (Å²) in [5.41, 5.74) is 0.777. The van der Waals surface area contributed by atoms with Gasteiger partial charge in [-0.15, -0.1) is 0 Å². The first kappa shape index (κ1) is 16.6. The van der Waals surface area contributed by atoms with Gasteiger partial charge in [-0.3, -0.25) is 9.52 Å². The largest absolute Gasteiger partial charge is 0.457 e. The van der Waals surface area contributed by atoms with Gasteiger partial charge in [-0.1, -0.05) is 35.9 Å². The average Bonchev–Trinajstić information content (AvgIpc) is 3.08. The molecule has 0 bridgehead atoms. The first-order valence-corrected chi connectivity index (χ1v) is 9.55. The van der Waals surface area contributed by atoms with Crippen LogP contribution >= 0.6 is 11.6 Å². The molecule has 0 atom stereocenters. The van der Waals surface area contributed by atoms with Crippen molar-refractivity contribution in [1.29, 1.82) is 0 Å². The van der Waals surface area contributed by atoms with E-state index in [-0.39, 0.29) is 16.2 Å². The Morgan fingerprint density at radius 2 is 1.62 bits per heavy atom. The summed E-state index contributed by atoms with van der Waals surface area (Å²) in [6, 6.07) is 16.6. The van der Waals surface area contributed by atoms with Crippen molar-refractivity contribution in [3.8, 4) is 11.3 Å². The highest BCUT2D eigenvalue weighted by molar-refractivity contribution is 7.90. The van der Waals surface area contributed by atoms with E-state index >= 15 is 0 Å². The van der Waals surface area contributed by atoms with E-state index in [9.17, 15) is 13.2 Å². The lowest BCUT2D eigenvalue weighted by Gasteiger charge is -2.19. The molecule has 2 aromatic carbocycles. The predicted octanol–water partition coefficient (Wildman–Crippen LogP) is 4.12. The SMILES string of the molecule is O=C1/C(=C/c2ccc(-c3ccccc3Cl)o2)NS(=O)(=O)c2ccccc21. The van der Waals surface area contributed by atoms with Crippen LogP contribution in [0.25, 0.3) is 17.4 Å². The molecule has 0 spiro atoms. The molecule has 1 aliphatic rings. The van der Waals surface area contributed by atoms with Crippen LogP contribution in [0.4, 0.5) is 0 Å². The van der Waals surface area contributed by atoms with Crippen LogP contribution in [0.2, 0.25) is 5.02 Å². The van der Waals surface area contributed by atoms with E-state index < -0.39 is 15.8 Å². The molecule has 0 fully saturated rings. The van der Waals surface area contributed by atoms with E-state index in [0.717, 1.165) is 0 Å². The Kier molecular flexibility index (Phi) is 3.94. The number of halogens is 1. The number of fused-ring (bicyclic) bond motifs is 1. The number of Topliss-reactive ketones (excluding diaryl/α,β-unsaturated/α-hetero) is 1. The van der Waals surface area contributed by atoms with Crippen molar-refractivity contribution in [3.63, 3.8) is 0 Å². The van der Waals surface area contributed by atoms with Gasteiger partial charge in [0, 0.05) is 17.2 Å². The normalized spacial score (nSPS) is 17.0. The van der Waals surface area contributed by atoms with Crippen LogP contribution in [-0.4, -0.2) is 14.2 Å². The van der Waals surface area contributed by atoms with Gasteiger partial charge < -0.3 is 4.42 Å². The summed E-state index contributed by atoms with van der Waals surface area (Å²) >= 11 is 6.16. The number of hydrogen-bond donors (Lipinski definition) is 1. The highest BCUT2D eigenvalue weighted by Gasteiger charge is 2.31. The van der Waals surface area contributed by atoms with Crippen LogP contribution in [0.3, 0.4) is 0 Å². The molecule has 4 rings (SSSR count). The molecule has 0 amide bonds. The third kappa shape index (κ3) is 2.83. The van der Waals surface area contributed by atoms with Gasteiger partial charge in [0.1, 0.15) is 17.2 Å². The maximum atomic E-state index is 12.6. The van der Waals surface area contributed by atoms with E-state index in [1.165, 1.54) is 18.2 Å². The number of nitrogens with one attached hydrogen (secondary N) is 1. The summed E-state index contributed by atoms with van der Waals surface area (Å²) in [5.74, 6) is 0.449. The molecule has 1 N–H and O–H groups in total. The minimum atomic E-state index is -3.80. The average molecular weight is 386 g/mol. The fourth-order valence-corrected chi connectivity index (χ4v) is 4.24. The van der Waals surface area contributed by atoms with Crippen LogP contribution < -0.4 is 4.72 Å². The van der Waals surface area contributed by atoms with Gasteiger partial charge in [-0.2, -0.15) is 0 Å². The number of sulfonamides is 1. The second kappa shape index (κ2) is 6.16. The predicted molar refractivity (Wildman–Crippen MR) is 98.2 cm³/mol. The molecule has 0 aliphatic carbocycles. The molecular weight excluding hydrogens is 374 g/mol. The molecule has 2 heterocycles. The third-order valence-electron chi connectivity index (χ3n) is 3.96. The summed E-state index contributed by atoms with van der Waals surface area (Å²) < 4.78 is 32.7. The van der Waals surface area contributed by atoms with Gasteiger partial charge in [0.05, 0.1) is 9.92 Å². The fraction of sp³-hybridized carbons (Fsp3) is 0. The molecular formula is C19H12ClNO4S. The second-order valence-electron chi connectivity index (χ2n) is 5.67. The standard InChI is InChI=1S/C19H12ClNO4S/c20-15-7-3-1-5-13(15)17-10-9-12(25-17)11-16-19(22)14-6-2-4-8-18(14)26(23,24)21-16/h1-11,21H/b16-11-. The zero-order valence-corrected chi connectivity index (χ0v) is 14.8. The van der Waals surface area contributed by atoms with Gasteiger partial charge in [-0.25, -0.2) is 8.42 Å². The van der Waals surface area contributed by atoms with E-state index in [2.05, 4.69) is 4.72 Å². The molecule has 0 saturated carbocycles.